The molecule has 59 heavy (non-hydrogen) atoms. The number of para-hydroxylation sites is 1. The number of alkyl halides is 1. The van der Waals surface area contributed by atoms with Gasteiger partial charge in [-0.05, 0) is 80.6 Å². The van der Waals surface area contributed by atoms with E-state index >= 15 is 0 Å². The largest absolute Gasteiger partial charge is 0.493 e. The summed E-state index contributed by atoms with van der Waals surface area (Å²) in [6.45, 7) is 2.25. The van der Waals surface area contributed by atoms with Crippen LogP contribution in [-0.2, 0) is 6.42 Å². The van der Waals surface area contributed by atoms with E-state index in [2.05, 4.69) is 29.5 Å². The average Bonchev–Trinajstić information content (AvgIpc) is 3.65. The third-order valence-corrected chi connectivity index (χ3v) is 11.1. The number of hydrogen-bond acceptors (Lipinski definition) is 6. The number of amides is 1. The third kappa shape index (κ3) is 12.9. The fraction of sp³-hybridized carbons (Fsp3) is 0.364. The van der Waals surface area contributed by atoms with Gasteiger partial charge in [0.25, 0.3) is 0 Å². The molecule has 15 heteroatoms. The number of aromatic amines is 1. The van der Waals surface area contributed by atoms with Crippen molar-refractivity contribution in [2.24, 2.45) is 0 Å². The highest BCUT2D eigenvalue weighted by atomic mass is 35.5. The summed E-state index contributed by atoms with van der Waals surface area (Å²) in [5.74, 6) is -1.47. The maximum atomic E-state index is 14.2. The average molecular weight is 906 g/mol. The molecule has 0 saturated heterocycles. The van der Waals surface area contributed by atoms with E-state index in [4.69, 9.17) is 62.7 Å². The van der Waals surface area contributed by atoms with Crippen LogP contribution >= 0.6 is 58.0 Å². The van der Waals surface area contributed by atoms with Crippen LogP contribution in [0.2, 0.25) is 20.1 Å². The van der Waals surface area contributed by atoms with Crippen LogP contribution in [-0.4, -0.2) is 36.1 Å². The first-order chi connectivity index (χ1) is 28.5. The molecule has 316 valence electrons. The number of ether oxygens (including phenoxy) is 1. The smallest absolute Gasteiger partial charge is 0.417 e. The number of nitrogens with one attached hydrogen (secondary N) is 2. The van der Waals surface area contributed by atoms with E-state index in [1.54, 1.807) is 54.6 Å². The molecule has 0 radical (unpaired) electrons. The lowest BCUT2D eigenvalue weighted by Crippen LogP contribution is -2.26. The van der Waals surface area contributed by atoms with Crippen LogP contribution in [0.15, 0.2) is 89.7 Å². The van der Waals surface area contributed by atoms with Gasteiger partial charge in [0.2, 0.25) is 17.5 Å². The monoisotopic (exact) mass is 903 g/mol. The number of anilines is 3. The van der Waals surface area contributed by atoms with Crippen molar-refractivity contribution in [1.82, 2.24) is 14.5 Å². The van der Waals surface area contributed by atoms with E-state index < -0.39 is 23.3 Å². The third-order valence-electron chi connectivity index (χ3n) is 9.72. The summed E-state index contributed by atoms with van der Waals surface area (Å²) in [7, 11) is 0. The Hall–Kier alpha value is -4.19. The number of nitrogens with zero attached hydrogens (tertiary/aromatic N) is 3. The van der Waals surface area contributed by atoms with Gasteiger partial charge >= 0.3 is 11.7 Å². The van der Waals surface area contributed by atoms with Crippen molar-refractivity contribution in [2.75, 3.05) is 10.3 Å². The maximum Gasteiger partial charge on any atom is 0.417 e. The summed E-state index contributed by atoms with van der Waals surface area (Å²) in [5, 5.41) is 30.3. The van der Waals surface area contributed by atoms with Crippen LogP contribution in [0.3, 0.4) is 0 Å². The minimum Gasteiger partial charge on any atom is -0.493 e. The fourth-order valence-electron chi connectivity index (χ4n) is 6.71. The van der Waals surface area contributed by atoms with Gasteiger partial charge in [-0.25, -0.2) is 14.5 Å². The zero-order chi connectivity index (χ0) is 42.3. The molecule has 5 rings (SSSR count). The first-order valence-electron chi connectivity index (χ1n) is 20.0. The second kappa shape index (κ2) is 23.0. The van der Waals surface area contributed by atoms with E-state index in [1.165, 1.54) is 87.4 Å². The SMILES string of the molecule is CCCCCCCCCCCCC=CCCC(Cl)Cc1cc(O)n(N(c2ccccc2)c2[nH]n(-c3c(Cl)cc(Cl)cc3Cl)c(=O)c2OC(=O)Nc2ccc(Cl)cc2)c1O. The Kier molecular flexibility index (Phi) is 17.9. The van der Waals surface area contributed by atoms with Gasteiger partial charge in [-0.1, -0.05) is 141 Å². The summed E-state index contributed by atoms with van der Waals surface area (Å²) >= 11 is 32.1. The Bertz CT molecular complexity index is 2180. The van der Waals surface area contributed by atoms with E-state index in [9.17, 15) is 19.8 Å². The lowest BCUT2D eigenvalue weighted by atomic mass is 10.1. The number of rotatable bonds is 22. The molecule has 2 aromatic heterocycles. The standard InChI is InChI=1S/C44H50Cl5N5O5/c1-2-3-4-5-6-7-8-9-10-11-12-13-14-16-19-32(46)26-30-27-38(55)54(42(30)56)53(35-20-17-15-18-21-35)41-40(59-44(58)50-34-24-22-31(45)23-25-34)43(57)52(51-41)39-36(48)28-33(47)29-37(39)49/h13-15,17-18,20-25,27-29,32,51,55-56H,2-12,16,19,26H2,1H3,(H,50,58). The summed E-state index contributed by atoms with van der Waals surface area (Å²) < 4.78 is 7.76. The molecule has 0 fully saturated rings. The number of allylic oxidation sites excluding steroid dienone is 2. The predicted molar refractivity (Wildman–Crippen MR) is 242 cm³/mol. The van der Waals surface area contributed by atoms with Crippen LogP contribution in [0.1, 0.15) is 96.0 Å². The van der Waals surface area contributed by atoms with Crippen molar-refractivity contribution in [2.45, 2.75) is 102 Å². The number of carbonyl (C=O) groups is 1. The van der Waals surface area contributed by atoms with Gasteiger partial charge in [-0.2, -0.15) is 4.68 Å². The first-order valence-corrected chi connectivity index (χ1v) is 21.9. The molecule has 0 saturated carbocycles. The molecule has 2 heterocycles. The predicted octanol–water partition coefficient (Wildman–Crippen LogP) is 14.0. The molecule has 0 spiro atoms. The number of benzene rings is 3. The maximum absolute atomic E-state index is 14.2. The van der Waals surface area contributed by atoms with E-state index in [-0.39, 0.29) is 44.3 Å². The summed E-state index contributed by atoms with van der Waals surface area (Å²) in [5.41, 5.74) is 0.165. The molecule has 1 unspecified atom stereocenters. The Morgan fingerprint density at radius 3 is 2.08 bits per heavy atom. The molecule has 3 aromatic carbocycles. The molecule has 0 aliphatic heterocycles. The van der Waals surface area contributed by atoms with Crippen LogP contribution < -0.4 is 20.6 Å². The van der Waals surface area contributed by atoms with Crippen molar-refractivity contribution in [3.63, 3.8) is 0 Å². The van der Waals surface area contributed by atoms with Crippen LogP contribution in [0.5, 0.6) is 17.5 Å². The van der Waals surface area contributed by atoms with Gasteiger partial charge in [-0.15, -0.1) is 11.6 Å². The number of unbranched alkanes of at least 4 members (excludes halogenated alkanes) is 10. The summed E-state index contributed by atoms with van der Waals surface area (Å²) in [6.07, 6.45) is 19.0. The second-order valence-corrected chi connectivity index (χ2v) is 16.6. The van der Waals surface area contributed by atoms with Gasteiger partial charge in [-0.3, -0.25) is 15.2 Å². The molecular weight excluding hydrogens is 856 g/mol. The Morgan fingerprint density at radius 2 is 1.44 bits per heavy atom. The van der Waals surface area contributed by atoms with Gasteiger partial charge in [0.15, 0.2) is 5.82 Å². The normalized spacial score (nSPS) is 12.0. The highest BCUT2D eigenvalue weighted by Crippen LogP contribution is 2.40. The van der Waals surface area contributed by atoms with Crippen molar-refractivity contribution in [3.8, 4) is 23.2 Å². The van der Waals surface area contributed by atoms with Crippen molar-refractivity contribution in [3.05, 3.63) is 121 Å². The van der Waals surface area contributed by atoms with Crippen molar-refractivity contribution in [1.29, 1.82) is 0 Å². The first kappa shape index (κ1) is 45.9. The minimum atomic E-state index is -1.03. The van der Waals surface area contributed by atoms with E-state index in [0.29, 0.717) is 28.4 Å². The Morgan fingerprint density at radius 1 is 0.831 bits per heavy atom. The molecule has 5 aromatic rings. The quantitative estimate of drug-likeness (QED) is 0.0311. The molecule has 0 aliphatic carbocycles. The molecule has 1 amide bonds. The van der Waals surface area contributed by atoms with Gasteiger partial charge in [0.05, 0.1) is 15.7 Å². The lowest BCUT2D eigenvalue weighted by Gasteiger charge is -2.26. The van der Waals surface area contributed by atoms with Gasteiger partial charge in [0, 0.05) is 32.7 Å². The number of aromatic nitrogens is 3. The van der Waals surface area contributed by atoms with Crippen LogP contribution in [0.4, 0.5) is 22.0 Å². The molecule has 4 N–H and O–H groups in total. The molecule has 0 aliphatic rings. The lowest BCUT2D eigenvalue weighted by molar-refractivity contribution is 0.215. The fourth-order valence-corrected chi connectivity index (χ4v) is 8.12. The molecular formula is C44H50Cl5N5O5. The Balaban J connectivity index is 1.36. The second-order valence-electron chi connectivity index (χ2n) is 14.3. The molecule has 1 atom stereocenters. The zero-order valence-corrected chi connectivity index (χ0v) is 36.7. The molecule has 10 nitrogen and oxygen atoms in total. The number of carbonyl (C=O) groups excluding carboxylic acids is 1. The highest BCUT2D eigenvalue weighted by molar-refractivity contribution is 6.40. The van der Waals surface area contributed by atoms with E-state index in [0.717, 1.165) is 22.2 Å². The zero-order valence-electron chi connectivity index (χ0n) is 32.9. The molecule has 0 bridgehead atoms. The van der Waals surface area contributed by atoms with Crippen LogP contribution in [0.25, 0.3) is 5.69 Å². The highest BCUT2D eigenvalue weighted by Gasteiger charge is 2.31. The van der Waals surface area contributed by atoms with Crippen molar-refractivity contribution < 1.29 is 19.7 Å². The van der Waals surface area contributed by atoms with Gasteiger partial charge < -0.3 is 14.9 Å². The minimum absolute atomic E-state index is 0.00845. The summed E-state index contributed by atoms with van der Waals surface area (Å²) in [4.78, 5) is 27.6. The Labute approximate surface area is 370 Å². The van der Waals surface area contributed by atoms with Crippen LogP contribution in [0, 0.1) is 0 Å². The van der Waals surface area contributed by atoms with Crippen molar-refractivity contribution >= 4 is 81.3 Å². The number of hydrogen-bond donors (Lipinski definition) is 4. The number of halogens is 5. The summed E-state index contributed by atoms with van der Waals surface area (Å²) in [6, 6.07) is 19.0. The van der Waals surface area contributed by atoms with Gasteiger partial charge in [0.1, 0.15) is 5.69 Å². The topological polar surface area (TPSA) is 125 Å². The van der Waals surface area contributed by atoms with E-state index in [1.807, 2.05) is 0 Å². The number of H-pyrrole nitrogens is 1. The number of aromatic hydroxyl groups is 2.